The van der Waals surface area contributed by atoms with Gasteiger partial charge in [-0.25, -0.2) is 9.97 Å². The molecule has 2 atom stereocenters. The van der Waals surface area contributed by atoms with Crippen molar-refractivity contribution < 1.29 is 9.84 Å². The zero-order valence-electron chi connectivity index (χ0n) is 15.0. The molecule has 0 saturated carbocycles. The van der Waals surface area contributed by atoms with Gasteiger partial charge in [0.05, 0.1) is 12.2 Å². The number of β-amino-alcohol motifs (C(OH)–C–C–N with tert-alkyl or cyclic N) is 1. The monoisotopic (exact) mass is 354 g/mol. The maximum Gasteiger partial charge on any atom is 0.161 e. The van der Waals surface area contributed by atoms with Crippen LogP contribution in [0.5, 0.6) is 0 Å². The second-order valence-corrected chi connectivity index (χ2v) is 7.01. The van der Waals surface area contributed by atoms with Gasteiger partial charge in [-0.1, -0.05) is 30.3 Å². The summed E-state index contributed by atoms with van der Waals surface area (Å²) in [6.45, 7) is 5.14. The van der Waals surface area contributed by atoms with Gasteiger partial charge in [0.2, 0.25) is 0 Å². The normalized spacial score (nSPS) is 22.5. The van der Waals surface area contributed by atoms with Gasteiger partial charge in [0.25, 0.3) is 0 Å². The summed E-state index contributed by atoms with van der Waals surface area (Å²) in [5.74, 6) is 1.73. The van der Waals surface area contributed by atoms with Crippen molar-refractivity contribution >= 4 is 5.82 Å². The van der Waals surface area contributed by atoms with E-state index in [2.05, 4.69) is 14.8 Å². The molecular formula is C20H26N4O2. The number of piperazine rings is 1. The molecule has 0 spiro atoms. The first-order valence-electron chi connectivity index (χ1n) is 9.45. The van der Waals surface area contributed by atoms with Crippen molar-refractivity contribution in [2.24, 2.45) is 0 Å². The van der Waals surface area contributed by atoms with E-state index in [1.54, 1.807) is 0 Å². The predicted octanol–water partition coefficient (Wildman–Crippen LogP) is 1.81. The molecule has 1 aromatic heterocycles. The summed E-state index contributed by atoms with van der Waals surface area (Å²) >= 11 is 0. The SMILES string of the molecule is O[C@@H](CN1CCN(c2ccnc(-c3ccccc3)n2)CC1)[C@@H]1CCCO1. The highest BCUT2D eigenvalue weighted by molar-refractivity contribution is 5.57. The number of ether oxygens (including phenoxy) is 1. The summed E-state index contributed by atoms with van der Waals surface area (Å²) in [6, 6.07) is 12.0. The van der Waals surface area contributed by atoms with Crippen LogP contribution in [0.3, 0.4) is 0 Å². The minimum absolute atomic E-state index is 0.0170. The summed E-state index contributed by atoms with van der Waals surface area (Å²) in [5, 5.41) is 10.3. The van der Waals surface area contributed by atoms with E-state index in [9.17, 15) is 5.11 Å². The topological polar surface area (TPSA) is 61.7 Å². The lowest BCUT2D eigenvalue weighted by molar-refractivity contribution is -0.0190. The average molecular weight is 354 g/mol. The summed E-state index contributed by atoms with van der Waals surface area (Å²) < 4.78 is 5.60. The molecule has 4 rings (SSSR count). The van der Waals surface area contributed by atoms with E-state index in [0.717, 1.165) is 62.8 Å². The largest absolute Gasteiger partial charge is 0.389 e. The molecule has 0 amide bonds. The first-order valence-corrected chi connectivity index (χ1v) is 9.45. The van der Waals surface area contributed by atoms with E-state index < -0.39 is 0 Å². The predicted molar refractivity (Wildman–Crippen MR) is 101 cm³/mol. The molecule has 2 fully saturated rings. The van der Waals surface area contributed by atoms with Crippen molar-refractivity contribution in [3.63, 3.8) is 0 Å². The Morgan fingerprint density at radius 2 is 1.92 bits per heavy atom. The zero-order valence-corrected chi connectivity index (χ0v) is 15.0. The molecule has 26 heavy (non-hydrogen) atoms. The smallest absolute Gasteiger partial charge is 0.161 e. The number of hydrogen-bond donors (Lipinski definition) is 1. The summed E-state index contributed by atoms with van der Waals surface area (Å²) in [7, 11) is 0. The Hall–Kier alpha value is -2.02. The van der Waals surface area contributed by atoms with E-state index in [0.29, 0.717) is 6.54 Å². The Labute approximate surface area is 154 Å². The molecule has 2 aromatic rings. The quantitative estimate of drug-likeness (QED) is 0.884. The maximum atomic E-state index is 10.3. The number of aromatic nitrogens is 2. The molecule has 3 heterocycles. The Balaban J connectivity index is 1.34. The third kappa shape index (κ3) is 4.03. The Kier molecular flexibility index (Phi) is 5.43. The van der Waals surface area contributed by atoms with Crippen molar-refractivity contribution in [2.75, 3.05) is 44.2 Å². The minimum atomic E-state index is -0.382. The molecule has 6 heteroatoms. The first kappa shape index (κ1) is 17.4. The van der Waals surface area contributed by atoms with Gasteiger partial charge in [0.1, 0.15) is 5.82 Å². The summed E-state index contributed by atoms with van der Waals surface area (Å²) in [4.78, 5) is 13.8. The van der Waals surface area contributed by atoms with Gasteiger partial charge in [-0.3, -0.25) is 4.90 Å². The summed E-state index contributed by atoms with van der Waals surface area (Å²) in [6.07, 6.45) is 3.51. The van der Waals surface area contributed by atoms with Crippen LogP contribution in [0.15, 0.2) is 42.6 Å². The average Bonchev–Trinajstić information content (AvgIpc) is 3.24. The third-order valence-electron chi connectivity index (χ3n) is 5.21. The van der Waals surface area contributed by atoms with E-state index in [4.69, 9.17) is 9.72 Å². The lowest BCUT2D eigenvalue weighted by Crippen LogP contribution is -2.50. The van der Waals surface area contributed by atoms with Crippen LogP contribution in [-0.4, -0.2) is 71.5 Å². The number of aliphatic hydroxyl groups is 1. The van der Waals surface area contributed by atoms with Crippen LogP contribution in [-0.2, 0) is 4.74 Å². The minimum Gasteiger partial charge on any atom is -0.389 e. The van der Waals surface area contributed by atoms with Crippen LogP contribution in [0.2, 0.25) is 0 Å². The fourth-order valence-corrected chi connectivity index (χ4v) is 3.70. The van der Waals surface area contributed by atoms with E-state index in [1.165, 1.54) is 0 Å². The standard InChI is InChI=1S/C20H26N4O2/c25-17(18-7-4-14-26-18)15-23-10-12-24(13-11-23)19-8-9-21-20(22-19)16-5-2-1-3-6-16/h1-3,5-6,8-9,17-18,25H,4,7,10-15H2/t17-,18-/m0/s1. The molecule has 2 aliphatic rings. The van der Waals surface area contributed by atoms with Crippen LogP contribution in [0.25, 0.3) is 11.4 Å². The van der Waals surface area contributed by atoms with Gasteiger partial charge in [0, 0.05) is 51.1 Å². The van der Waals surface area contributed by atoms with Crippen molar-refractivity contribution in [3.05, 3.63) is 42.6 Å². The lowest BCUT2D eigenvalue weighted by Gasteiger charge is -2.36. The highest BCUT2D eigenvalue weighted by Crippen LogP contribution is 2.20. The first-order chi connectivity index (χ1) is 12.8. The highest BCUT2D eigenvalue weighted by atomic mass is 16.5. The number of anilines is 1. The molecule has 1 aromatic carbocycles. The lowest BCUT2D eigenvalue weighted by atomic mass is 10.1. The van der Waals surface area contributed by atoms with Gasteiger partial charge in [-0.2, -0.15) is 0 Å². The van der Waals surface area contributed by atoms with E-state index >= 15 is 0 Å². The molecule has 138 valence electrons. The Morgan fingerprint density at radius 1 is 1.12 bits per heavy atom. The highest BCUT2D eigenvalue weighted by Gasteiger charge is 2.27. The summed E-state index contributed by atoms with van der Waals surface area (Å²) in [5.41, 5.74) is 1.03. The number of aliphatic hydroxyl groups excluding tert-OH is 1. The van der Waals surface area contributed by atoms with Crippen molar-refractivity contribution in [3.8, 4) is 11.4 Å². The molecule has 1 N–H and O–H groups in total. The number of nitrogens with zero attached hydrogens (tertiary/aromatic N) is 4. The van der Waals surface area contributed by atoms with Gasteiger partial charge in [0.15, 0.2) is 5.82 Å². The van der Waals surface area contributed by atoms with Crippen LogP contribution in [0, 0.1) is 0 Å². The second kappa shape index (κ2) is 8.12. The van der Waals surface area contributed by atoms with Crippen LogP contribution >= 0.6 is 0 Å². The van der Waals surface area contributed by atoms with Crippen LogP contribution in [0.4, 0.5) is 5.82 Å². The maximum absolute atomic E-state index is 10.3. The number of rotatable bonds is 5. The Bertz CT molecular complexity index is 698. The second-order valence-electron chi connectivity index (χ2n) is 7.01. The van der Waals surface area contributed by atoms with Crippen LogP contribution in [0.1, 0.15) is 12.8 Å². The number of benzene rings is 1. The van der Waals surface area contributed by atoms with E-state index in [-0.39, 0.29) is 12.2 Å². The molecule has 0 unspecified atom stereocenters. The molecule has 2 saturated heterocycles. The van der Waals surface area contributed by atoms with Crippen molar-refractivity contribution in [2.45, 2.75) is 25.0 Å². The third-order valence-corrected chi connectivity index (χ3v) is 5.21. The van der Waals surface area contributed by atoms with Gasteiger partial charge >= 0.3 is 0 Å². The van der Waals surface area contributed by atoms with Crippen LogP contribution < -0.4 is 4.90 Å². The van der Waals surface area contributed by atoms with Crippen molar-refractivity contribution in [1.82, 2.24) is 14.9 Å². The Morgan fingerprint density at radius 3 is 2.65 bits per heavy atom. The fraction of sp³-hybridized carbons (Fsp3) is 0.500. The van der Waals surface area contributed by atoms with Gasteiger partial charge in [-0.15, -0.1) is 0 Å². The zero-order chi connectivity index (χ0) is 17.8. The van der Waals surface area contributed by atoms with Crippen molar-refractivity contribution in [1.29, 1.82) is 0 Å². The molecule has 0 radical (unpaired) electrons. The molecule has 0 aliphatic carbocycles. The molecule has 6 nitrogen and oxygen atoms in total. The van der Waals surface area contributed by atoms with Gasteiger partial charge < -0.3 is 14.7 Å². The molecular weight excluding hydrogens is 328 g/mol. The fourth-order valence-electron chi connectivity index (χ4n) is 3.70. The van der Waals surface area contributed by atoms with E-state index in [1.807, 2.05) is 42.6 Å². The van der Waals surface area contributed by atoms with Gasteiger partial charge in [-0.05, 0) is 18.9 Å². The molecule has 0 bridgehead atoms. The number of hydrogen-bond acceptors (Lipinski definition) is 6. The molecule has 2 aliphatic heterocycles.